The van der Waals surface area contributed by atoms with Gasteiger partial charge in [0.25, 0.3) is 0 Å². The van der Waals surface area contributed by atoms with E-state index in [1.165, 1.54) is 116 Å². The van der Waals surface area contributed by atoms with Crippen LogP contribution in [0.2, 0.25) is 0 Å². The molecular weight excluding hydrogens is 330 g/mol. The van der Waals surface area contributed by atoms with Gasteiger partial charge in [0.15, 0.2) is 0 Å². The molecule has 0 aromatic heterocycles. The first kappa shape index (κ1) is 24.5. The fourth-order valence-electron chi connectivity index (χ4n) is 4.52. The van der Waals surface area contributed by atoms with Crippen LogP contribution in [0.25, 0.3) is 0 Å². The Labute approximate surface area is 170 Å². The molecule has 0 atom stereocenters. The van der Waals surface area contributed by atoms with Gasteiger partial charge in [0, 0.05) is 11.8 Å². The molecule has 1 aliphatic heterocycles. The van der Waals surface area contributed by atoms with Gasteiger partial charge in [-0.05, 0) is 19.3 Å². The second kappa shape index (κ2) is 16.4. The van der Waals surface area contributed by atoms with E-state index < -0.39 is 0 Å². The highest BCUT2D eigenvalue weighted by molar-refractivity contribution is 5.60. The summed E-state index contributed by atoms with van der Waals surface area (Å²) in [5.74, 6) is 0. The molecule has 0 saturated heterocycles. The van der Waals surface area contributed by atoms with E-state index in [9.17, 15) is 0 Å². The van der Waals surface area contributed by atoms with Crippen molar-refractivity contribution in [1.82, 2.24) is 10.5 Å². The molecular formula is C24H49N3. The zero-order valence-corrected chi connectivity index (χ0v) is 18.9. The van der Waals surface area contributed by atoms with E-state index in [4.69, 9.17) is 0 Å². The van der Waals surface area contributed by atoms with Crippen LogP contribution in [-0.4, -0.2) is 23.3 Å². The molecule has 0 aromatic carbocycles. The van der Waals surface area contributed by atoms with Crippen LogP contribution in [0.15, 0.2) is 5.10 Å². The molecule has 1 heterocycles. The molecule has 160 valence electrons. The minimum atomic E-state index is 0.299. The fraction of sp³-hybridized carbons (Fsp3) is 0.958. The second-order valence-electron chi connectivity index (χ2n) is 8.65. The summed E-state index contributed by atoms with van der Waals surface area (Å²) in [5, 5.41) is 6.56. The topological polar surface area (TPSA) is 27.6 Å². The molecule has 3 nitrogen and oxygen atoms in total. The van der Waals surface area contributed by atoms with Crippen LogP contribution >= 0.6 is 0 Å². The van der Waals surface area contributed by atoms with Gasteiger partial charge in [-0.25, -0.2) is 5.53 Å². The summed E-state index contributed by atoms with van der Waals surface area (Å²) < 4.78 is 0. The average molecular weight is 380 g/mol. The van der Waals surface area contributed by atoms with Crippen LogP contribution in [0, 0.1) is 0 Å². The molecule has 0 fully saturated rings. The number of hydrazine groups is 1. The van der Waals surface area contributed by atoms with E-state index in [0.29, 0.717) is 5.54 Å². The lowest BCUT2D eigenvalue weighted by Gasteiger charge is -2.40. The van der Waals surface area contributed by atoms with Crippen LogP contribution in [0.4, 0.5) is 0 Å². The smallest absolute Gasteiger partial charge is 0.0573 e. The Morgan fingerprint density at radius 2 is 1.15 bits per heavy atom. The molecule has 27 heavy (non-hydrogen) atoms. The number of nitrogens with zero attached hydrogens (tertiary/aromatic N) is 2. The van der Waals surface area contributed by atoms with Gasteiger partial charge < -0.3 is 0 Å². The highest BCUT2D eigenvalue weighted by atomic mass is 15.7. The third-order valence-corrected chi connectivity index (χ3v) is 6.67. The predicted octanol–water partition coefficient (Wildman–Crippen LogP) is 7.61. The molecule has 0 spiro atoms. The van der Waals surface area contributed by atoms with Crippen molar-refractivity contribution < 1.29 is 0 Å². The van der Waals surface area contributed by atoms with Crippen molar-refractivity contribution >= 4 is 6.21 Å². The Morgan fingerprint density at radius 3 is 1.52 bits per heavy atom. The Balaban J connectivity index is 1.89. The molecule has 1 aliphatic rings. The lowest BCUT2D eigenvalue weighted by atomic mass is 9.86. The van der Waals surface area contributed by atoms with Crippen molar-refractivity contribution in [2.75, 3.05) is 6.54 Å². The molecule has 0 radical (unpaired) electrons. The first-order valence-electron chi connectivity index (χ1n) is 12.3. The third kappa shape index (κ3) is 10.5. The van der Waals surface area contributed by atoms with Crippen LogP contribution in [-0.2, 0) is 0 Å². The second-order valence-corrected chi connectivity index (χ2v) is 8.65. The first-order chi connectivity index (χ1) is 13.3. The lowest BCUT2D eigenvalue weighted by Crippen LogP contribution is -2.51. The molecule has 0 saturated carbocycles. The molecule has 0 bridgehead atoms. The van der Waals surface area contributed by atoms with E-state index >= 15 is 0 Å². The minimum absolute atomic E-state index is 0.299. The predicted molar refractivity (Wildman–Crippen MR) is 121 cm³/mol. The molecule has 1 rings (SSSR count). The Hall–Kier alpha value is -0.570. The quantitative estimate of drug-likeness (QED) is 0.234. The summed E-state index contributed by atoms with van der Waals surface area (Å²) in [7, 11) is 0. The maximum absolute atomic E-state index is 4.20. The van der Waals surface area contributed by atoms with Crippen molar-refractivity contribution in [3.05, 3.63) is 0 Å². The van der Waals surface area contributed by atoms with Gasteiger partial charge in [0.1, 0.15) is 0 Å². The van der Waals surface area contributed by atoms with Crippen molar-refractivity contribution in [2.24, 2.45) is 5.10 Å². The fourth-order valence-corrected chi connectivity index (χ4v) is 4.52. The van der Waals surface area contributed by atoms with E-state index in [0.717, 1.165) is 6.54 Å². The number of hydrogen-bond donors (Lipinski definition) is 1. The number of unbranched alkanes of at least 4 members (excludes halogenated alkanes) is 14. The van der Waals surface area contributed by atoms with E-state index in [1.54, 1.807) is 0 Å². The molecule has 1 N–H and O–H groups in total. The Morgan fingerprint density at radius 1 is 0.704 bits per heavy atom. The van der Waals surface area contributed by atoms with Gasteiger partial charge in [0.2, 0.25) is 0 Å². The maximum Gasteiger partial charge on any atom is 0.0573 e. The highest BCUT2D eigenvalue weighted by Gasteiger charge is 2.33. The van der Waals surface area contributed by atoms with Crippen molar-refractivity contribution in [3.8, 4) is 0 Å². The molecule has 0 unspecified atom stereocenters. The number of hydrogen-bond acceptors (Lipinski definition) is 3. The van der Waals surface area contributed by atoms with E-state index in [2.05, 4.69) is 36.4 Å². The Kier molecular flexibility index (Phi) is 14.9. The SMILES string of the molecule is CCCCCCCCCCCCCCCCCC(CC)(CC)N1CC=NN1. The van der Waals surface area contributed by atoms with E-state index in [1.807, 2.05) is 6.21 Å². The highest BCUT2D eigenvalue weighted by Crippen LogP contribution is 2.29. The molecule has 0 amide bonds. The minimum Gasteiger partial charge on any atom is -0.240 e. The van der Waals surface area contributed by atoms with Gasteiger partial charge in [-0.1, -0.05) is 117 Å². The summed E-state index contributed by atoms with van der Waals surface area (Å²) in [5.41, 5.74) is 3.50. The van der Waals surface area contributed by atoms with Gasteiger partial charge in [-0.3, -0.25) is 0 Å². The maximum atomic E-state index is 4.20. The first-order valence-corrected chi connectivity index (χ1v) is 12.3. The largest absolute Gasteiger partial charge is 0.240 e. The van der Waals surface area contributed by atoms with Gasteiger partial charge in [0.05, 0.1) is 6.54 Å². The normalized spacial score (nSPS) is 14.8. The van der Waals surface area contributed by atoms with Crippen LogP contribution in [0.1, 0.15) is 136 Å². The Bertz CT molecular complexity index is 342. The van der Waals surface area contributed by atoms with Gasteiger partial charge in [-0.15, -0.1) is 0 Å². The molecule has 0 aliphatic carbocycles. The third-order valence-electron chi connectivity index (χ3n) is 6.67. The monoisotopic (exact) mass is 379 g/mol. The van der Waals surface area contributed by atoms with Crippen LogP contribution < -0.4 is 5.53 Å². The zero-order valence-electron chi connectivity index (χ0n) is 18.9. The van der Waals surface area contributed by atoms with Gasteiger partial charge in [-0.2, -0.15) is 10.1 Å². The molecule has 3 heteroatoms. The van der Waals surface area contributed by atoms with Crippen LogP contribution in [0.3, 0.4) is 0 Å². The lowest BCUT2D eigenvalue weighted by molar-refractivity contribution is 0.0444. The van der Waals surface area contributed by atoms with Gasteiger partial charge >= 0.3 is 0 Å². The summed E-state index contributed by atoms with van der Waals surface area (Å²) >= 11 is 0. The van der Waals surface area contributed by atoms with Crippen molar-refractivity contribution in [3.63, 3.8) is 0 Å². The van der Waals surface area contributed by atoms with Crippen molar-refractivity contribution in [1.29, 1.82) is 0 Å². The summed E-state index contributed by atoms with van der Waals surface area (Å²) in [6.45, 7) is 7.91. The number of nitrogens with one attached hydrogen (secondary N) is 1. The number of rotatable bonds is 19. The number of hydrazone groups is 1. The van der Waals surface area contributed by atoms with E-state index in [-0.39, 0.29) is 0 Å². The summed E-state index contributed by atoms with van der Waals surface area (Å²) in [4.78, 5) is 0. The van der Waals surface area contributed by atoms with Crippen LogP contribution in [0.5, 0.6) is 0 Å². The average Bonchev–Trinajstić information content (AvgIpc) is 3.23. The zero-order chi connectivity index (χ0) is 19.6. The summed E-state index contributed by atoms with van der Waals surface area (Å²) in [6.07, 6.45) is 27.3. The summed E-state index contributed by atoms with van der Waals surface area (Å²) in [6, 6.07) is 0. The molecule has 0 aromatic rings. The van der Waals surface area contributed by atoms with Crippen molar-refractivity contribution in [2.45, 2.75) is 142 Å². The standard InChI is InChI=1S/C24H49N3/c1-4-7-8-9-10-11-12-13-14-15-16-17-18-19-20-21-24(5-2,6-3)27-23-22-25-26-27/h22,26H,4-21,23H2,1-3H3.